The number of hydrogen-bond acceptors (Lipinski definition) is 5. The molecule has 2 heterocycles. The van der Waals surface area contributed by atoms with E-state index in [0.29, 0.717) is 19.3 Å². The summed E-state index contributed by atoms with van der Waals surface area (Å²) >= 11 is 0. The van der Waals surface area contributed by atoms with E-state index in [1.165, 1.54) is 19.3 Å². The summed E-state index contributed by atoms with van der Waals surface area (Å²) in [6.45, 7) is 7.16. The van der Waals surface area contributed by atoms with Gasteiger partial charge in [-0.05, 0) is 31.4 Å². The first-order chi connectivity index (χ1) is 11.8. The number of aliphatic hydroxyl groups is 1. The number of hydrogen-bond donors (Lipinski definition) is 1. The summed E-state index contributed by atoms with van der Waals surface area (Å²) in [5.74, 6) is 0.814. The van der Waals surface area contributed by atoms with Crippen molar-refractivity contribution in [3.63, 3.8) is 0 Å². The van der Waals surface area contributed by atoms with Crippen LogP contribution in [0.3, 0.4) is 0 Å². The summed E-state index contributed by atoms with van der Waals surface area (Å²) in [7, 11) is 0. The molecule has 0 spiro atoms. The van der Waals surface area contributed by atoms with Crippen LogP contribution in [0.2, 0.25) is 0 Å². The van der Waals surface area contributed by atoms with Gasteiger partial charge in [-0.25, -0.2) is 0 Å². The molecule has 2 fully saturated rings. The Hall–Kier alpha value is -1.14. The maximum Gasteiger partial charge on any atom is 0.119 e. The molecule has 5 heteroatoms. The van der Waals surface area contributed by atoms with E-state index >= 15 is 0 Å². The van der Waals surface area contributed by atoms with Crippen LogP contribution in [0.4, 0.5) is 0 Å². The summed E-state index contributed by atoms with van der Waals surface area (Å²) in [6.07, 6.45) is 3.70. The smallest absolute Gasteiger partial charge is 0.119 e. The van der Waals surface area contributed by atoms with Gasteiger partial charge in [0, 0.05) is 45.9 Å². The maximum atomic E-state index is 10.2. The number of nitrogens with zero attached hydrogens (tertiary/aromatic N) is 2. The molecule has 0 bridgehead atoms. The van der Waals surface area contributed by atoms with Crippen molar-refractivity contribution in [1.82, 2.24) is 9.80 Å². The average Bonchev–Trinajstić information content (AvgIpc) is 2.63. The molecule has 5 nitrogen and oxygen atoms in total. The number of benzene rings is 1. The van der Waals surface area contributed by atoms with Gasteiger partial charge in [0.1, 0.15) is 18.5 Å². The highest BCUT2D eigenvalue weighted by Gasteiger charge is 2.23. The molecule has 0 aliphatic carbocycles. The third-order valence-electron chi connectivity index (χ3n) is 4.86. The molecule has 0 amide bonds. The highest BCUT2D eigenvalue weighted by atomic mass is 16.5. The molecule has 0 radical (unpaired) electrons. The van der Waals surface area contributed by atoms with E-state index in [0.717, 1.165) is 45.1 Å². The van der Waals surface area contributed by atoms with Gasteiger partial charge in [-0.1, -0.05) is 18.2 Å². The van der Waals surface area contributed by atoms with Crippen LogP contribution in [0.5, 0.6) is 5.75 Å². The van der Waals surface area contributed by atoms with Gasteiger partial charge < -0.3 is 14.6 Å². The van der Waals surface area contributed by atoms with Crippen molar-refractivity contribution in [2.24, 2.45) is 0 Å². The lowest BCUT2D eigenvalue weighted by Crippen LogP contribution is -2.51. The Balaban J connectivity index is 1.31. The highest BCUT2D eigenvalue weighted by molar-refractivity contribution is 5.20. The van der Waals surface area contributed by atoms with Gasteiger partial charge in [-0.3, -0.25) is 9.80 Å². The molecule has 1 aromatic rings. The Morgan fingerprint density at radius 2 is 1.83 bits per heavy atom. The van der Waals surface area contributed by atoms with E-state index in [1.54, 1.807) is 0 Å². The molecule has 1 N–H and O–H groups in total. The first-order valence-electron chi connectivity index (χ1n) is 9.22. The van der Waals surface area contributed by atoms with Crippen LogP contribution in [-0.4, -0.2) is 79.6 Å². The van der Waals surface area contributed by atoms with Crippen LogP contribution < -0.4 is 4.74 Å². The Bertz CT molecular complexity index is 457. The molecule has 0 aromatic heterocycles. The van der Waals surface area contributed by atoms with Gasteiger partial charge >= 0.3 is 0 Å². The minimum atomic E-state index is -0.446. The van der Waals surface area contributed by atoms with Crippen molar-refractivity contribution < 1.29 is 14.6 Å². The molecule has 2 saturated heterocycles. The number of ether oxygens (including phenoxy) is 2. The highest BCUT2D eigenvalue weighted by Crippen LogP contribution is 2.15. The quantitative estimate of drug-likeness (QED) is 0.821. The molecule has 24 heavy (non-hydrogen) atoms. The summed E-state index contributed by atoms with van der Waals surface area (Å²) in [5.41, 5.74) is 0. The van der Waals surface area contributed by atoms with Crippen molar-refractivity contribution in [2.75, 3.05) is 52.5 Å². The minimum Gasteiger partial charge on any atom is -0.491 e. The van der Waals surface area contributed by atoms with E-state index in [2.05, 4.69) is 9.80 Å². The monoisotopic (exact) mass is 334 g/mol. The minimum absolute atomic E-state index is 0.347. The van der Waals surface area contributed by atoms with Crippen LogP contribution in [0, 0.1) is 0 Å². The molecule has 2 atom stereocenters. The number of piperazine rings is 1. The van der Waals surface area contributed by atoms with Crippen LogP contribution in [-0.2, 0) is 4.74 Å². The first-order valence-corrected chi connectivity index (χ1v) is 9.22. The lowest BCUT2D eigenvalue weighted by atomic mass is 10.1. The molecular weight excluding hydrogens is 304 g/mol. The molecule has 0 saturated carbocycles. The Labute approximate surface area is 145 Å². The zero-order chi connectivity index (χ0) is 16.6. The molecule has 134 valence electrons. The van der Waals surface area contributed by atoms with Gasteiger partial charge in [0.15, 0.2) is 0 Å². The summed E-state index contributed by atoms with van der Waals surface area (Å²) in [5, 5.41) is 10.2. The fourth-order valence-corrected chi connectivity index (χ4v) is 3.45. The molecule has 1 aromatic carbocycles. The Morgan fingerprint density at radius 3 is 2.54 bits per heavy atom. The largest absolute Gasteiger partial charge is 0.491 e. The summed E-state index contributed by atoms with van der Waals surface area (Å²) < 4.78 is 11.5. The van der Waals surface area contributed by atoms with E-state index < -0.39 is 6.10 Å². The number of para-hydroxylation sites is 1. The second-order valence-electron chi connectivity index (χ2n) is 6.87. The van der Waals surface area contributed by atoms with Crippen molar-refractivity contribution in [3.8, 4) is 5.75 Å². The normalized spacial score (nSPS) is 24.6. The molecule has 0 unspecified atom stereocenters. The van der Waals surface area contributed by atoms with Crippen LogP contribution in [0.25, 0.3) is 0 Å². The average molecular weight is 334 g/mol. The second-order valence-corrected chi connectivity index (χ2v) is 6.87. The standard InChI is InChI=1S/C19H30N2O3/c22-17(16-24-18-6-2-1-3-7-18)14-20-9-11-21(12-10-20)15-19-8-4-5-13-23-19/h1-3,6-7,17,19,22H,4-5,8-16H2/t17-,19+/m0/s1. The lowest BCUT2D eigenvalue weighted by molar-refractivity contribution is -0.0182. The number of rotatable bonds is 7. The fourth-order valence-electron chi connectivity index (χ4n) is 3.45. The third kappa shape index (κ3) is 5.74. The predicted molar refractivity (Wildman–Crippen MR) is 94.4 cm³/mol. The predicted octanol–water partition coefficient (Wildman–Crippen LogP) is 1.61. The second kappa shape index (κ2) is 9.37. The summed E-state index contributed by atoms with van der Waals surface area (Å²) in [6, 6.07) is 9.67. The molecule has 3 rings (SSSR count). The van der Waals surface area contributed by atoms with Crippen molar-refractivity contribution in [2.45, 2.75) is 31.5 Å². The fraction of sp³-hybridized carbons (Fsp3) is 0.684. The summed E-state index contributed by atoms with van der Waals surface area (Å²) in [4.78, 5) is 4.83. The van der Waals surface area contributed by atoms with E-state index in [-0.39, 0.29) is 0 Å². The van der Waals surface area contributed by atoms with Crippen LogP contribution in [0.15, 0.2) is 30.3 Å². The topological polar surface area (TPSA) is 45.2 Å². The Kier molecular flexibility index (Phi) is 6.90. The van der Waals surface area contributed by atoms with Crippen molar-refractivity contribution in [3.05, 3.63) is 30.3 Å². The van der Waals surface area contributed by atoms with Gasteiger partial charge in [0.25, 0.3) is 0 Å². The third-order valence-corrected chi connectivity index (χ3v) is 4.86. The van der Waals surface area contributed by atoms with Gasteiger partial charge in [-0.15, -0.1) is 0 Å². The zero-order valence-electron chi connectivity index (χ0n) is 14.5. The van der Waals surface area contributed by atoms with Crippen molar-refractivity contribution >= 4 is 0 Å². The van der Waals surface area contributed by atoms with Crippen LogP contribution in [0.1, 0.15) is 19.3 Å². The first kappa shape index (κ1) is 17.7. The van der Waals surface area contributed by atoms with E-state index in [9.17, 15) is 5.11 Å². The van der Waals surface area contributed by atoms with E-state index in [4.69, 9.17) is 9.47 Å². The van der Waals surface area contributed by atoms with Gasteiger partial charge in [-0.2, -0.15) is 0 Å². The number of aliphatic hydroxyl groups excluding tert-OH is 1. The van der Waals surface area contributed by atoms with Crippen LogP contribution >= 0.6 is 0 Å². The van der Waals surface area contributed by atoms with Gasteiger partial charge in [0.05, 0.1) is 6.10 Å². The molecule has 2 aliphatic heterocycles. The Morgan fingerprint density at radius 1 is 1.08 bits per heavy atom. The lowest BCUT2D eigenvalue weighted by Gasteiger charge is -2.37. The molecular formula is C19H30N2O3. The number of β-amino-alcohol motifs (C(OH)–C–C–N with tert-alkyl or cyclic N) is 1. The SMILES string of the molecule is O[C@H](COc1ccccc1)CN1CCN(C[C@H]2CCCCO2)CC1. The van der Waals surface area contributed by atoms with Crippen molar-refractivity contribution in [1.29, 1.82) is 0 Å². The maximum absolute atomic E-state index is 10.2. The van der Waals surface area contributed by atoms with E-state index in [1.807, 2.05) is 30.3 Å². The zero-order valence-corrected chi connectivity index (χ0v) is 14.5. The van der Waals surface area contributed by atoms with Gasteiger partial charge in [0.2, 0.25) is 0 Å². The molecule has 2 aliphatic rings.